The number of aromatic nitrogens is 6. The fraction of sp³-hybridized carbons (Fsp3) is 0.464. The quantitative estimate of drug-likeness (QED) is 0.0862. The molecule has 1 fully saturated rings. The van der Waals surface area contributed by atoms with Gasteiger partial charge in [0.1, 0.15) is 30.2 Å². The normalized spacial score (nSPS) is 16.9. The Labute approximate surface area is 263 Å². The molecule has 0 aromatic carbocycles. The third-order valence-corrected chi connectivity index (χ3v) is 7.50. The van der Waals surface area contributed by atoms with Crippen LogP contribution in [0.3, 0.4) is 0 Å². The minimum atomic E-state index is -1.13. The molecule has 5 atom stereocenters. The highest BCUT2D eigenvalue weighted by molar-refractivity contribution is 5.96. The first-order valence-electron chi connectivity index (χ1n) is 14.7. The highest BCUT2D eigenvalue weighted by Crippen LogP contribution is 2.20. The molecule has 0 saturated carbocycles. The molecule has 18 nitrogen and oxygen atoms in total. The monoisotopic (exact) mass is 638 g/mol. The molecular formula is C28H38N12O6. The van der Waals surface area contributed by atoms with E-state index in [-0.39, 0.29) is 25.8 Å². The van der Waals surface area contributed by atoms with E-state index in [1.54, 1.807) is 0 Å². The summed E-state index contributed by atoms with van der Waals surface area (Å²) in [5.74, 6) is -3.54. The minimum Gasteiger partial charge on any atom is -0.368 e. The van der Waals surface area contributed by atoms with Crippen molar-refractivity contribution in [3.63, 3.8) is 0 Å². The number of hydrogen-bond donors (Lipinski definition) is 8. The topological polar surface area (TPSA) is 266 Å². The van der Waals surface area contributed by atoms with Crippen LogP contribution in [0.15, 0.2) is 37.6 Å². The van der Waals surface area contributed by atoms with Gasteiger partial charge in [-0.25, -0.2) is 15.0 Å². The average molecular weight is 639 g/mol. The number of hydrogen-bond acceptors (Lipinski definition) is 9. The van der Waals surface area contributed by atoms with Crippen LogP contribution in [0.4, 0.5) is 0 Å². The van der Waals surface area contributed by atoms with Crippen LogP contribution in [0.25, 0.3) is 0 Å². The maximum atomic E-state index is 13.9. The van der Waals surface area contributed by atoms with E-state index in [1.165, 1.54) is 56.3 Å². The van der Waals surface area contributed by atoms with Crippen LogP contribution in [0.1, 0.15) is 43.8 Å². The van der Waals surface area contributed by atoms with E-state index in [0.717, 1.165) is 0 Å². The van der Waals surface area contributed by atoms with E-state index in [2.05, 4.69) is 51.2 Å². The standard InChI is InChI=1S/C28H38N12O6/c1-15(36-26(44)21(37-16(2)41)7-18-10-31-13-34-18)25(43)39-22(8-19-11-32-14-35-19)28(46)40-5-3-4-23(40)27(45)38-20(24(29)42)6-17-9-30-12-33-17/h9-15,20-23H,3-8H2,1-2H3,(H2,29,42)(H,30,33)(H,31,34)(H,32,35)(H,36,44)(H,37,41)(H,38,45)(H,39,43)/t15-,20-,21-,22-,23-/m0/s1. The van der Waals surface area contributed by atoms with Crippen LogP contribution in [0.2, 0.25) is 0 Å². The number of imidazole rings is 3. The number of carbonyl (C=O) groups is 6. The van der Waals surface area contributed by atoms with Crippen LogP contribution >= 0.6 is 0 Å². The maximum Gasteiger partial charge on any atom is 0.246 e. The van der Waals surface area contributed by atoms with Crippen molar-refractivity contribution in [1.29, 1.82) is 0 Å². The highest BCUT2D eigenvalue weighted by Gasteiger charge is 2.39. The van der Waals surface area contributed by atoms with Gasteiger partial charge in [0.25, 0.3) is 0 Å². The van der Waals surface area contributed by atoms with Crippen molar-refractivity contribution in [1.82, 2.24) is 56.1 Å². The molecule has 0 unspecified atom stereocenters. The first-order valence-corrected chi connectivity index (χ1v) is 14.7. The number of amides is 6. The van der Waals surface area contributed by atoms with Crippen molar-refractivity contribution in [3.8, 4) is 0 Å². The van der Waals surface area contributed by atoms with Crippen LogP contribution in [0.5, 0.6) is 0 Å². The lowest BCUT2D eigenvalue weighted by molar-refractivity contribution is -0.142. The molecule has 1 aliphatic heterocycles. The second-order valence-electron chi connectivity index (χ2n) is 11.0. The number of nitrogens with zero attached hydrogens (tertiary/aromatic N) is 4. The zero-order valence-electron chi connectivity index (χ0n) is 25.4. The molecule has 9 N–H and O–H groups in total. The van der Waals surface area contributed by atoms with Gasteiger partial charge in [0.05, 0.1) is 19.0 Å². The molecule has 6 amide bonds. The molecular weight excluding hydrogens is 600 g/mol. The van der Waals surface area contributed by atoms with Gasteiger partial charge in [0.2, 0.25) is 35.4 Å². The molecule has 1 aliphatic rings. The van der Waals surface area contributed by atoms with Crippen molar-refractivity contribution >= 4 is 35.4 Å². The van der Waals surface area contributed by atoms with Gasteiger partial charge in [-0.15, -0.1) is 0 Å². The Hall–Kier alpha value is -5.55. The summed E-state index contributed by atoms with van der Waals surface area (Å²) < 4.78 is 0. The van der Waals surface area contributed by atoms with E-state index >= 15 is 0 Å². The lowest BCUT2D eigenvalue weighted by Gasteiger charge is -2.30. The Kier molecular flexibility index (Phi) is 11.2. The van der Waals surface area contributed by atoms with Gasteiger partial charge in [-0.1, -0.05) is 0 Å². The Morgan fingerprint density at radius 2 is 1.35 bits per heavy atom. The third kappa shape index (κ3) is 8.99. The van der Waals surface area contributed by atoms with E-state index in [9.17, 15) is 28.8 Å². The second kappa shape index (κ2) is 15.4. The van der Waals surface area contributed by atoms with Crippen LogP contribution in [-0.2, 0) is 48.0 Å². The summed E-state index contributed by atoms with van der Waals surface area (Å²) in [5, 5.41) is 10.5. The Morgan fingerprint density at radius 3 is 1.85 bits per heavy atom. The Bertz CT molecular complexity index is 1490. The van der Waals surface area contributed by atoms with Crippen molar-refractivity contribution in [2.75, 3.05) is 6.54 Å². The summed E-state index contributed by atoms with van der Waals surface area (Å²) in [6.45, 7) is 2.96. The summed E-state index contributed by atoms with van der Waals surface area (Å²) in [6, 6.07) is -5.16. The molecule has 46 heavy (non-hydrogen) atoms. The fourth-order valence-electron chi connectivity index (χ4n) is 5.17. The minimum absolute atomic E-state index is 0.0220. The zero-order chi connectivity index (χ0) is 33.2. The molecule has 0 bridgehead atoms. The van der Waals surface area contributed by atoms with Gasteiger partial charge in [0.15, 0.2) is 0 Å². The molecule has 1 saturated heterocycles. The predicted molar refractivity (Wildman–Crippen MR) is 160 cm³/mol. The number of nitrogens with one attached hydrogen (secondary N) is 7. The first kappa shape index (κ1) is 33.3. The molecule has 3 aromatic rings. The van der Waals surface area contributed by atoms with Gasteiger partial charge in [0, 0.05) is 68.4 Å². The van der Waals surface area contributed by atoms with Gasteiger partial charge < -0.3 is 46.9 Å². The molecule has 0 aliphatic carbocycles. The molecule has 4 heterocycles. The summed E-state index contributed by atoms with van der Waals surface area (Å²) in [7, 11) is 0. The number of likely N-dealkylation sites (tertiary alicyclic amines) is 1. The number of nitrogens with two attached hydrogens (primary N) is 1. The van der Waals surface area contributed by atoms with Gasteiger partial charge in [-0.2, -0.15) is 0 Å². The molecule has 18 heteroatoms. The summed E-state index contributed by atoms with van der Waals surface area (Å²) in [5.41, 5.74) is 7.28. The second-order valence-corrected chi connectivity index (χ2v) is 11.0. The predicted octanol–water partition coefficient (Wildman–Crippen LogP) is -2.66. The SMILES string of the molecule is CC(=O)N[C@@H](Cc1cnc[nH]1)C(=O)N[C@@H](C)C(=O)N[C@@H](Cc1cnc[nH]1)C(=O)N1CCC[C@H]1C(=O)N[C@@H](Cc1cnc[nH]1)C(N)=O. The first-order chi connectivity index (χ1) is 22.0. The van der Waals surface area contributed by atoms with E-state index in [4.69, 9.17) is 5.73 Å². The number of rotatable bonds is 15. The van der Waals surface area contributed by atoms with Gasteiger partial charge in [-0.05, 0) is 19.8 Å². The molecule has 246 valence electrons. The summed E-state index contributed by atoms with van der Waals surface area (Å²) in [4.78, 5) is 99.2. The van der Waals surface area contributed by atoms with Crippen LogP contribution in [0, 0.1) is 0 Å². The largest absolute Gasteiger partial charge is 0.368 e. The number of H-pyrrole nitrogens is 3. The van der Waals surface area contributed by atoms with Gasteiger partial charge in [-0.3, -0.25) is 28.8 Å². The van der Waals surface area contributed by atoms with E-state index < -0.39 is 65.7 Å². The average Bonchev–Trinajstić information content (AvgIpc) is 3.84. The molecule has 0 spiro atoms. The molecule has 3 aromatic heterocycles. The Morgan fingerprint density at radius 1 is 0.804 bits per heavy atom. The number of primary amides is 1. The third-order valence-electron chi connectivity index (χ3n) is 7.50. The van der Waals surface area contributed by atoms with E-state index in [0.29, 0.717) is 29.9 Å². The molecule has 0 radical (unpaired) electrons. The highest BCUT2D eigenvalue weighted by atomic mass is 16.2. The van der Waals surface area contributed by atoms with Crippen molar-refractivity contribution in [2.24, 2.45) is 5.73 Å². The number of carbonyl (C=O) groups excluding carboxylic acids is 6. The summed E-state index contributed by atoms with van der Waals surface area (Å²) in [6.07, 6.45) is 9.93. The lowest BCUT2D eigenvalue weighted by atomic mass is 10.1. The molecule has 4 rings (SSSR count). The van der Waals surface area contributed by atoms with Gasteiger partial charge >= 0.3 is 0 Å². The summed E-state index contributed by atoms with van der Waals surface area (Å²) >= 11 is 0. The zero-order valence-corrected chi connectivity index (χ0v) is 25.4. The Balaban J connectivity index is 1.44. The van der Waals surface area contributed by atoms with Crippen LogP contribution < -0.4 is 27.0 Å². The van der Waals surface area contributed by atoms with Crippen molar-refractivity contribution < 1.29 is 28.8 Å². The van der Waals surface area contributed by atoms with Crippen molar-refractivity contribution in [2.45, 2.75) is 76.2 Å². The lowest BCUT2D eigenvalue weighted by Crippen LogP contribution is -2.59. The van der Waals surface area contributed by atoms with E-state index in [1.807, 2.05) is 0 Å². The number of aromatic amines is 3. The van der Waals surface area contributed by atoms with Crippen molar-refractivity contribution in [3.05, 3.63) is 54.7 Å². The van der Waals surface area contributed by atoms with Crippen LogP contribution in [-0.4, -0.2) is 107 Å². The fourth-order valence-corrected chi connectivity index (χ4v) is 5.17. The maximum absolute atomic E-state index is 13.9. The smallest absolute Gasteiger partial charge is 0.246 e.